The van der Waals surface area contributed by atoms with Crippen molar-refractivity contribution in [3.63, 3.8) is 0 Å². The number of hydrogen-bond donors (Lipinski definition) is 2. The number of nitrogens with zero attached hydrogens (tertiary/aromatic N) is 4. The Morgan fingerprint density at radius 1 is 0.967 bits per heavy atom. The average Bonchev–Trinajstić information content (AvgIpc) is 2.71. The fourth-order valence-corrected chi connectivity index (χ4v) is 3.27. The van der Waals surface area contributed by atoms with Crippen LogP contribution >= 0.6 is 23.2 Å². The van der Waals surface area contributed by atoms with Crippen LogP contribution in [0.3, 0.4) is 0 Å². The van der Waals surface area contributed by atoms with Crippen LogP contribution in [0.2, 0.25) is 10.0 Å². The van der Waals surface area contributed by atoms with Crippen LogP contribution in [0.4, 0.5) is 28.7 Å². The van der Waals surface area contributed by atoms with Gasteiger partial charge in [-0.05, 0) is 37.3 Å². The number of anilines is 4. The second-order valence-corrected chi connectivity index (χ2v) is 7.22. The molecule has 0 amide bonds. The Morgan fingerprint density at radius 3 is 2.43 bits per heavy atom. The van der Waals surface area contributed by atoms with E-state index < -0.39 is 4.92 Å². The highest BCUT2D eigenvalue weighted by molar-refractivity contribution is 6.35. The second-order valence-electron chi connectivity index (χ2n) is 6.38. The van der Waals surface area contributed by atoms with Crippen LogP contribution in [0.5, 0.6) is 0 Å². The Bertz CT molecular complexity index is 1280. The van der Waals surface area contributed by atoms with Crippen LogP contribution < -0.4 is 10.6 Å². The van der Waals surface area contributed by atoms with Crippen molar-refractivity contribution in [3.05, 3.63) is 80.7 Å². The Labute approximate surface area is 181 Å². The molecule has 0 fully saturated rings. The van der Waals surface area contributed by atoms with E-state index in [1.807, 2.05) is 31.2 Å². The molecule has 30 heavy (non-hydrogen) atoms. The number of rotatable bonds is 5. The van der Waals surface area contributed by atoms with E-state index in [0.717, 1.165) is 11.1 Å². The van der Waals surface area contributed by atoms with E-state index in [1.54, 1.807) is 24.3 Å². The molecule has 0 aliphatic heterocycles. The lowest BCUT2D eigenvalue weighted by molar-refractivity contribution is -0.383. The van der Waals surface area contributed by atoms with Crippen molar-refractivity contribution in [2.75, 3.05) is 10.6 Å². The summed E-state index contributed by atoms with van der Waals surface area (Å²) in [6, 6.07) is 14.1. The summed E-state index contributed by atoms with van der Waals surface area (Å²) in [5.74, 6) is -0.00232. The molecule has 2 aromatic carbocycles. The molecule has 0 saturated heterocycles. The van der Waals surface area contributed by atoms with Gasteiger partial charge in [-0.25, -0.2) is 9.97 Å². The van der Waals surface area contributed by atoms with Crippen LogP contribution in [-0.4, -0.2) is 19.9 Å². The largest absolute Gasteiger partial charge is 0.353 e. The van der Waals surface area contributed by atoms with E-state index >= 15 is 0 Å². The maximum absolute atomic E-state index is 11.9. The fourth-order valence-electron chi connectivity index (χ4n) is 2.93. The molecule has 0 aliphatic carbocycles. The van der Waals surface area contributed by atoms with Crippen molar-refractivity contribution in [2.24, 2.45) is 0 Å². The third kappa shape index (κ3) is 3.96. The maximum Gasteiger partial charge on any atom is 0.353 e. The number of pyridine rings is 1. The van der Waals surface area contributed by atoms with E-state index in [4.69, 9.17) is 23.2 Å². The van der Waals surface area contributed by atoms with Crippen molar-refractivity contribution in [2.45, 2.75) is 6.92 Å². The number of nitrogens with one attached hydrogen (secondary N) is 2. The summed E-state index contributed by atoms with van der Waals surface area (Å²) in [5, 5.41) is 19.4. The van der Waals surface area contributed by atoms with Gasteiger partial charge in [0.15, 0.2) is 0 Å². The molecule has 4 aromatic rings. The standard InChI is InChI=1S/C20H14Cl2N6O2/c1-11-5-6-12-3-2-4-15(17(12)25-11)26-19-18(28(29)30)20(24-10-23-19)27-16-9-13(21)7-8-14(16)22/h2-10H,1H3,(H2,23,24,26,27). The van der Waals surface area contributed by atoms with E-state index in [9.17, 15) is 10.1 Å². The Morgan fingerprint density at radius 2 is 1.70 bits per heavy atom. The van der Waals surface area contributed by atoms with Gasteiger partial charge in [0.25, 0.3) is 0 Å². The first kappa shape index (κ1) is 19.8. The summed E-state index contributed by atoms with van der Waals surface area (Å²) in [5.41, 5.74) is 2.15. The van der Waals surface area contributed by atoms with Gasteiger partial charge in [0, 0.05) is 16.1 Å². The molecule has 0 unspecified atom stereocenters. The van der Waals surface area contributed by atoms with Gasteiger partial charge >= 0.3 is 5.69 Å². The van der Waals surface area contributed by atoms with Crippen LogP contribution in [0.1, 0.15) is 5.69 Å². The first-order valence-electron chi connectivity index (χ1n) is 8.77. The van der Waals surface area contributed by atoms with Crippen molar-refractivity contribution >= 4 is 62.8 Å². The molecule has 0 atom stereocenters. The van der Waals surface area contributed by atoms with Gasteiger partial charge in [-0.3, -0.25) is 15.1 Å². The number of halogens is 2. The van der Waals surface area contributed by atoms with Gasteiger partial charge in [0.2, 0.25) is 11.6 Å². The van der Waals surface area contributed by atoms with E-state index in [2.05, 4.69) is 25.6 Å². The normalized spacial score (nSPS) is 10.8. The van der Waals surface area contributed by atoms with Gasteiger partial charge < -0.3 is 10.6 Å². The zero-order valence-corrected chi connectivity index (χ0v) is 17.1. The second kappa shape index (κ2) is 8.10. The van der Waals surface area contributed by atoms with Gasteiger partial charge in [-0.15, -0.1) is 0 Å². The number of aryl methyl sites for hydroxylation is 1. The van der Waals surface area contributed by atoms with Crippen molar-refractivity contribution < 1.29 is 4.92 Å². The summed E-state index contributed by atoms with van der Waals surface area (Å²) < 4.78 is 0. The predicted molar refractivity (Wildman–Crippen MR) is 118 cm³/mol. The highest BCUT2D eigenvalue weighted by Crippen LogP contribution is 2.36. The third-order valence-corrected chi connectivity index (χ3v) is 4.86. The summed E-state index contributed by atoms with van der Waals surface area (Å²) >= 11 is 12.2. The van der Waals surface area contributed by atoms with Crippen molar-refractivity contribution in [1.82, 2.24) is 15.0 Å². The molecule has 2 heterocycles. The Kier molecular flexibility index (Phi) is 5.35. The van der Waals surface area contributed by atoms with E-state index in [0.29, 0.717) is 26.9 Å². The maximum atomic E-state index is 11.9. The smallest absolute Gasteiger partial charge is 0.333 e. The van der Waals surface area contributed by atoms with Crippen LogP contribution in [0, 0.1) is 17.0 Å². The van der Waals surface area contributed by atoms with E-state index in [-0.39, 0.29) is 17.3 Å². The van der Waals surface area contributed by atoms with Gasteiger partial charge in [-0.2, -0.15) is 0 Å². The lowest BCUT2D eigenvalue weighted by atomic mass is 10.1. The minimum atomic E-state index is -0.563. The number of hydrogen-bond acceptors (Lipinski definition) is 7. The lowest BCUT2D eigenvalue weighted by Gasteiger charge is -2.12. The zero-order chi connectivity index (χ0) is 21.3. The van der Waals surface area contributed by atoms with Gasteiger partial charge in [0.05, 0.1) is 26.8 Å². The van der Waals surface area contributed by atoms with Gasteiger partial charge in [-0.1, -0.05) is 41.4 Å². The van der Waals surface area contributed by atoms with Crippen molar-refractivity contribution in [3.8, 4) is 0 Å². The van der Waals surface area contributed by atoms with Gasteiger partial charge in [0.1, 0.15) is 6.33 Å². The SMILES string of the molecule is Cc1ccc2cccc(Nc3ncnc(Nc4cc(Cl)ccc4Cl)c3[N+](=O)[O-])c2n1. The molecule has 0 saturated carbocycles. The van der Waals surface area contributed by atoms with Crippen molar-refractivity contribution in [1.29, 1.82) is 0 Å². The Hall–Kier alpha value is -3.49. The quantitative estimate of drug-likeness (QED) is 0.287. The number of para-hydroxylation sites is 1. The average molecular weight is 441 g/mol. The highest BCUT2D eigenvalue weighted by atomic mass is 35.5. The number of aromatic nitrogens is 3. The molecule has 4 rings (SSSR count). The fraction of sp³-hybridized carbons (Fsp3) is 0.0500. The molecule has 150 valence electrons. The van der Waals surface area contributed by atoms with Crippen LogP contribution in [0.15, 0.2) is 54.9 Å². The molecule has 0 bridgehead atoms. The minimum Gasteiger partial charge on any atom is -0.333 e. The topological polar surface area (TPSA) is 106 Å². The molecule has 2 aromatic heterocycles. The molecule has 8 nitrogen and oxygen atoms in total. The summed E-state index contributed by atoms with van der Waals surface area (Å²) in [6.07, 6.45) is 1.22. The van der Waals surface area contributed by atoms with Crippen LogP contribution in [-0.2, 0) is 0 Å². The highest BCUT2D eigenvalue weighted by Gasteiger charge is 2.24. The lowest BCUT2D eigenvalue weighted by Crippen LogP contribution is -2.06. The predicted octanol–water partition coefficient (Wildman–Crippen LogP) is 6.04. The monoisotopic (exact) mass is 440 g/mol. The molecule has 0 radical (unpaired) electrons. The molecule has 10 heteroatoms. The first-order valence-corrected chi connectivity index (χ1v) is 9.53. The number of benzene rings is 2. The summed E-state index contributed by atoms with van der Waals surface area (Å²) in [4.78, 5) is 23.9. The molecule has 2 N–H and O–H groups in total. The number of fused-ring (bicyclic) bond motifs is 1. The minimum absolute atomic E-state index is 0.0199. The number of nitro groups is 1. The Balaban J connectivity index is 1.78. The molecule has 0 spiro atoms. The van der Waals surface area contributed by atoms with Crippen LogP contribution in [0.25, 0.3) is 10.9 Å². The zero-order valence-electron chi connectivity index (χ0n) is 15.6. The first-order chi connectivity index (χ1) is 14.4. The summed E-state index contributed by atoms with van der Waals surface area (Å²) in [6.45, 7) is 1.88. The third-order valence-electron chi connectivity index (χ3n) is 4.30. The molecular formula is C20H14Cl2N6O2. The van der Waals surface area contributed by atoms with E-state index in [1.165, 1.54) is 6.33 Å². The molecule has 0 aliphatic rings. The summed E-state index contributed by atoms with van der Waals surface area (Å²) in [7, 11) is 0. The molecular weight excluding hydrogens is 427 g/mol.